The van der Waals surface area contributed by atoms with Gasteiger partial charge in [0.25, 0.3) is 0 Å². The van der Waals surface area contributed by atoms with Crippen molar-refractivity contribution in [1.29, 1.82) is 0 Å². The predicted octanol–water partition coefficient (Wildman–Crippen LogP) is 4.42. The Hall–Kier alpha value is -1.57. The second-order valence-corrected chi connectivity index (χ2v) is 6.09. The lowest BCUT2D eigenvalue weighted by Crippen LogP contribution is -2.39. The third-order valence-corrected chi connectivity index (χ3v) is 4.23. The molecule has 106 valence electrons. The van der Waals surface area contributed by atoms with Crippen LogP contribution in [0, 0.1) is 0 Å². The van der Waals surface area contributed by atoms with Gasteiger partial charge >= 0.3 is 5.88 Å². The van der Waals surface area contributed by atoms with Crippen LogP contribution in [0.4, 0.5) is 0 Å². The quantitative estimate of drug-likeness (QED) is 0.752. The topological polar surface area (TPSA) is 13.1 Å². The van der Waals surface area contributed by atoms with Gasteiger partial charge in [-0.3, -0.25) is 0 Å². The standard InChI is InChI=1S/C18H24NO/c1-14(2)19-13-12-15-8-6-7-11-17(15)18(19)20-16-9-4-3-5-10-16/h6-8,11-14,16H,3-5,9-10H2,1-2H3/q+1. The van der Waals surface area contributed by atoms with Gasteiger partial charge in [0, 0.05) is 6.07 Å². The average Bonchev–Trinajstić information content (AvgIpc) is 2.48. The molecule has 0 radical (unpaired) electrons. The molecular formula is C18H24NO+. The van der Waals surface area contributed by atoms with Gasteiger partial charge in [-0.1, -0.05) is 24.6 Å². The van der Waals surface area contributed by atoms with Gasteiger partial charge in [0.05, 0.1) is 5.39 Å². The van der Waals surface area contributed by atoms with Crippen molar-refractivity contribution in [2.24, 2.45) is 0 Å². The minimum absolute atomic E-state index is 0.388. The smallest absolute Gasteiger partial charge is 0.376 e. The van der Waals surface area contributed by atoms with Crippen molar-refractivity contribution in [2.45, 2.75) is 58.1 Å². The van der Waals surface area contributed by atoms with E-state index in [9.17, 15) is 0 Å². The van der Waals surface area contributed by atoms with E-state index in [1.54, 1.807) is 0 Å². The average molecular weight is 270 g/mol. The van der Waals surface area contributed by atoms with E-state index in [1.165, 1.54) is 42.9 Å². The summed E-state index contributed by atoms with van der Waals surface area (Å²) in [5.41, 5.74) is 0. The molecule has 1 fully saturated rings. The normalized spacial score (nSPS) is 16.8. The molecule has 2 aromatic rings. The molecule has 2 nitrogen and oxygen atoms in total. The van der Waals surface area contributed by atoms with Crippen LogP contribution in [0.1, 0.15) is 52.0 Å². The number of nitrogens with zero attached hydrogens (tertiary/aromatic N) is 1. The first-order chi connectivity index (χ1) is 9.75. The third-order valence-electron chi connectivity index (χ3n) is 4.23. The van der Waals surface area contributed by atoms with E-state index in [0.717, 1.165) is 5.88 Å². The number of fused-ring (bicyclic) bond motifs is 1. The van der Waals surface area contributed by atoms with Gasteiger partial charge in [0.2, 0.25) is 0 Å². The van der Waals surface area contributed by atoms with E-state index in [0.29, 0.717) is 12.1 Å². The van der Waals surface area contributed by atoms with E-state index in [1.807, 2.05) is 0 Å². The van der Waals surface area contributed by atoms with Gasteiger partial charge in [-0.15, -0.1) is 0 Å². The predicted molar refractivity (Wildman–Crippen MR) is 82.0 cm³/mol. The number of ether oxygens (including phenoxy) is 1. The summed E-state index contributed by atoms with van der Waals surface area (Å²) in [5.74, 6) is 1.05. The fourth-order valence-corrected chi connectivity index (χ4v) is 3.08. The molecule has 0 amide bonds. The molecule has 2 heteroatoms. The highest BCUT2D eigenvalue weighted by molar-refractivity contribution is 5.85. The van der Waals surface area contributed by atoms with Crippen molar-refractivity contribution in [3.8, 4) is 5.88 Å². The number of hydrogen-bond acceptors (Lipinski definition) is 1. The molecule has 1 heterocycles. The highest BCUT2D eigenvalue weighted by Crippen LogP contribution is 2.27. The number of rotatable bonds is 3. The second-order valence-electron chi connectivity index (χ2n) is 6.09. The Kier molecular flexibility index (Phi) is 3.90. The zero-order valence-electron chi connectivity index (χ0n) is 12.5. The molecule has 3 rings (SSSR count). The number of aromatic nitrogens is 1. The minimum Gasteiger partial charge on any atom is -0.441 e. The van der Waals surface area contributed by atoms with E-state index in [-0.39, 0.29) is 0 Å². The molecule has 0 spiro atoms. The first kappa shape index (κ1) is 13.4. The molecule has 0 N–H and O–H groups in total. The first-order valence-corrected chi connectivity index (χ1v) is 7.85. The number of pyridine rings is 1. The molecule has 0 bridgehead atoms. The molecule has 0 aliphatic heterocycles. The molecule has 0 unspecified atom stereocenters. The Labute approximate surface area is 121 Å². The highest BCUT2D eigenvalue weighted by atomic mass is 16.5. The van der Waals surface area contributed by atoms with Crippen LogP contribution in [0.3, 0.4) is 0 Å². The molecule has 20 heavy (non-hydrogen) atoms. The summed E-state index contributed by atoms with van der Waals surface area (Å²) >= 11 is 0. The Balaban J connectivity index is 2.02. The van der Waals surface area contributed by atoms with Crippen LogP contribution in [0.5, 0.6) is 5.88 Å². The van der Waals surface area contributed by atoms with Crippen molar-refractivity contribution >= 4 is 10.8 Å². The SMILES string of the molecule is CC(C)[n+]1ccc2ccccc2c1OC1CCCCC1. The van der Waals surface area contributed by atoms with Crippen LogP contribution in [0.2, 0.25) is 0 Å². The van der Waals surface area contributed by atoms with E-state index in [4.69, 9.17) is 4.74 Å². The van der Waals surface area contributed by atoms with Crippen molar-refractivity contribution in [1.82, 2.24) is 0 Å². The zero-order valence-corrected chi connectivity index (χ0v) is 12.5. The molecular weight excluding hydrogens is 246 g/mol. The zero-order chi connectivity index (χ0) is 13.9. The Bertz CT molecular complexity index is 585. The van der Waals surface area contributed by atoms with Gasteiger partial charge in [-0.05, 0) is 51.0 Å². The molecule has 1 aliphatic rings. The summed E-state index contributed by atoms with van der Waals surface area (Å²) in [4.78, 5) is 0. The largest absolute Gasteiger partial charge is 0.441 e. The first-order valence-electron chi connectivity index (χ1n) is 7.85. The van der Waals surface area contributed by atoms with Gasteiger partial charge < -0.3 is 4.74 Å². The summed E-state index contributed by atoms with van der Waals surface area (Å²) in [7, 11) is 0. The van der Waals surface area contributed by atoms with Crippen LogP contribution in [0.25, 0.3) is 10.8 Å². The summed E-state index contributed by atoms with van der Waals surface area (Å²) in [6.07, 6.45) is 8.90. The highest BCUT2D eigenvalue weighted by Gasteiger charge is 2.24. The van der Waals surface area contributed by atoms with Crippen LogP contribution < -0.4 is 9.30 Å². The van der Waals surface area contributed by atoms with Crippen LogP contribution in [-0.2, 0) is 0 Å². The molecule has 1 aromatic carbocycles. The maximum absolute atomic E-state index is 6.42. The summed E-state index contributed by atoms with van der Waals surface area (Å²) in [6, 6.07) is 11.1. The van der Waals surface area contributed by atoms with Crippen LogP contribution >= 0.6 is 0 Å². The number of hydrogen-bond donors (Lipinski definition) is 0. The summed E-state index contributed by atoms with van der Waals surface area (Å²) in [6.45, 7) is 4.42. The molecule has 0 saturated heterocycles. The van der Waals surface area contributed by atoms with E-state index < -0.39 is 0 Å². The van der Waals surface area contributed by atoms with Crippen molar-refractivity contribution in [2.75, 3.05) is 0 Å². The minimum atomic E-state index is 0.388. The van der Waals surface area contributed by atoms with Crippen molar-refractivity contribution in [3.05, 3.63) is 36.5 Å². The Morgan fingerprint density at radius 1 is 1.05 bits per heavy atom. The van der Waals surface area contributed by atoms with E-state index in [2.05, 4.69) is 54.9 Å². The van der Waals surface area contributed by atoms with Gasteiger partial charge in [-0.2, -0.15) is 4.57 Å². The lowest BCUT2D eigenvalue weighted by molar-refractivity contribution is -0.720. The van der Waals surface area contributed by atoms with E-state index >= 15 is 0 Å². The fraction of sp³-hybridized carbons (Fsp3) is 0.500. The molecule has 1 aromatic heterocycles. The lowest BCUT2D eigenvalue weighted by Gasteiger charge is -2.22. The lowest BCUT2D eigenvalue weighted by atomic mass is 9.98. The van der Waals surface area contributed by atoms with Crippen molar-refractivity contribution < 1.29 is 9.30 Å². The maximum atomic E-state index is 6.42. The van der Waals surface area contributed by atoms with Gasteiger partial charge in [0.1, 0.15) is 6.10 Å². The molecule has 1 aliphatic carbocycles. The maximum Gasteiger partial charge on any atom is 0.376 e. The van der Waals surface area contributed by atoms with Crippen molar-refractivity contribution in [3.63, 3.8) is 0 Å². The molecule has 1 saturated carbocycles. The van der Waals surface area contributed by atoms with Crippen LogP contribution in [0.15, 0.2) is 36.5 Å². The fourth-order valence-electron chi connectivity index (χ4n) is 3.08. The Morgan fingerprint density at radius 3 is 2.55 bits per heavy atom. The summed E-state index contributed by atoms with van der Waals surface area (Å²) in [5, 5.41) is 2.49. The van der Waals surface area contributed by atoms with Gasteiger partial charge in [0.15, 0.2) is 12.2 Å². The Morgan fingerprint density at radius 2 is 1.80 bits per heavy atom. The number of benzene rings is 1. The monoisotopic (exact) mass is 270 g/mol. The molecule has 0 atom stereocenters. The summed E-state index contributed by atoms with van der Waals surface area (Å²) < 4.78 is 8.68. The third kappa shape index (κ3) is 2.65. The van der Waals surface area contributed by atoms with Crippen LogP contribution in [-0.4, -0.2) is 6.10 Å². The second kappa shape index (κ2) is 5.82. The van der Waals surface area contributed by atoms with Gasteiger partial charge in [-0.25, -0.2) is 0 Å².